The summed E-state index contributed by atoms with van der Waals surface area (Å²) >= 11 is 0. The van der Waals surface area contributed by atoms with Gasteiger partial charge in [0.15, 0.2) is 0 Å². The van der Waals surface area contributed by atoms with Crippen LogP contribution in [0.3, 0.4) is 0 Å². The standard InChI is InChI=1S/C20H31N3O2/c1-14(2)12-18(20(25)22-11-9-16-8-10-21-13-16)23-19(24)17-7-5-4-6-15(17)3/h4-7,14,16,18,21H,8-13H2,1-3H3,(H,22,25)(H,23,24). The van der Waals surface area contributed by atoms with Crippen LogP contribution in [0.2, 0.25) is 0 Å². The predicted octanol–water partition coefficient (Wildman–Crippen LogP) is 2.26. The molecular weight excluding hydrogens is 314 g/mol. The summed E-state index contributed by atoms with van der Waals surface area (Å²) in [6.07, 6.45) is 2.79. The van der Waals surface area contributed by atoms with Crippen molar-refractivity contribution in [3.8, 4) is 0 Å². The van der Waals surface area contributed by atoms with Crippen molar-refractivity contribution in [3.63, 3.8) is 0 Å². The highest BCUT2D eigenvalue weighted by Gasteiger charge is 2.23. The van der Waals surface area contributed by atoms with Crippen LogP contribution in [0.25, 0.3) is 0 Å². The lowest BCUT2D eigenvalue weighted by Crippen LogP contribution is -2.48. The summed E-state index contributed by atoms with van der Waals surface area (Å²) in [5.74, 6) is 0.706. The molecule has 1 heterocycles. The van der Waals surface area contributed by atoms with Crippen molar-refractivity contribution < 1.29 is 9.59 Å². The first-order chi connectivity index (χ1) is 12.0. The Hall–Kier alpha value is -1.88. The molecule has 0 bridgehead atoms. The van der Waals surface area contributed by atoms with Gasteiger partial charge in [-0.25, -0.2) is 0 Å². The van der Waals surface area contributed by atoms with E-state index in [1.165, 1.54) is 6.42 Å². The molecule has 1 fully saturated rings. The number of benzene rings is 1. The fraction of sp³-hybridized carbons (Fsp3) is 0.600. The first-order valence-corrected chi connectivity index (χ1v) is 9.32. The molecule has 1 aromatic carbocycles. The summed E-state index contributed by atoms with van der Waals surface area (Å²) in [4.78, 5) is 25.1. The Bertz CT molecular complexity index is 580. The minimum atomic E-state index is -0.492. The highest BCUT2D eigenvalue weighted by molar-refractivity contribution is 5.98. The van der Waals surface area contributed by atoms with Crippen LogP contribution in [0.1, 0.15) is 49.0 Å². The fourth-order valence-corrected chi connectivity index (χ4v) is 3.25. The van der Waals surface area contributed by atoms with Gasteiger partial charge in [-0.3, -0.25) is 9.59 Å². The number of nitrogens with one attached hydrogen (secondary N) is 3. The van der Waals surface area contributed by atoms with Crippen LogP contribution in [0, 0.1) is 18.8 Å². The van der Waals surface area contributed by atoms with E-state index in [9.17, 15) is 9.59 Å². The zero-order chi connectivity index (χ0) is 18.2. The van der Waals surface area contributed by atoms with Crippen molar-refractivity contribution in [2.45, 2.75) is 46.1 Å². The van der Waals surface area contributed by atoms with Crippen LogP contribution in [0.15, 0.2) is 24.3 Å². The van der Waals surface area contributed by atoms with Crippen molar-refractivity contribution >= 4 is 11.8 Å². The van der Waals surface area contributed by atoms with E-state index >= 15 is 0 Å². The maximum atomic E-state index is 12.6. The minimum absolute atomic E-state index is 0.0819. The summed E-state index contributed by atoms with van der Waals surface area (Å²) in [6.45, 7) is 8.80. The third-order valence-corrected chi connectivity index (χ3v) is 4.73. The molecule has 2 atom stereocenters. The molecule has 1 aromatic rings. The summed E-state index contributed by atoms with van der Waals surface area (Å²) in [7, 11) is 0. The van der Waals surface area contributed by atoms with Crippen LogP contribution in [0.5, 0.6) is 0 Å². The Kier molecular flexibility index (Phi) is 7.44. The van der Waals surface area contributed by atoms with Gasteiger partial charge in [0.2, 0.25) is 5.91 Å². The van der Waals surface area contributed by atoms with Gasteiger partial charge >= 0.3 is 0 Å². The number of amides is 2. The Morgan fingerprint density at radius 1 is 1.28 bits per heavy atom. The van der Waals surface area contributed by atoms with Crippen LogP contribution in [0.4, 0.5) is 0 Å². The molecule has 25 heavy (non-hydrogen) atoms. The molecule has 1 aliphatic heterocycles. The molecule has 0 aliphatic carbocycles. The minimum Gasteiger partial charge on any atom is -0.354 e. The molecule has 0 radical (unpaired) electrons. The van der Waals surface area contributed by atoms with Gasteiger partial charge in [-0.1, -0.05) is 32.0 Å². The normalized spacial score (nSPS) is 18.2. The third-order valence-electron chi connectivity index (χ3n) is 4.73. The number of aryl methyl sites for hydroxylation is 1. The first kappa shape index (κ1) is 19.4. The number of carbonyl (C=O) groups is 2. The highest BCUT2D eigenvalue weighted by Crippen LogP contribution is 2.12. The molecule has 1 saturated heterocycles. The molecule has 0 aromatic heterocycles. The molecule has 5 nitrogen and oxygen atoms in total. The van der Waals surface area contributed by atoms with Crippen molar-refractivity contribution in [2.24, 2.45) is 11.8 Å². The second kappa shape index (κ2) is 9.56. The van der Waals surface area contributed by atoms with Crippen molar-refractivity contribution in [1.29, 1.82) is 0 Å². The van der Waals surface area contributed by atoms with Crippen molar-refractivity contribution in [3.05, 3.63) is 35.4 Å². The number of hydrogen-bond donors (Lipinski definition) is 3. The maximum absolute atomic E-state index is 12.6. The lowest BCUT2D eigenvalue weighted by atomic mass is 10.0. The summed E-state index contributed by atoms with van der Waals surface area (Å²) in [5.41, 5.74) is 1.54. The van der Waals surface area contributed by atoms with Crippen LogP contribution < -0.4 is 16.0 Å². The van der Waals surface area contributed by atoms with Gasteiger partial charge in [-0.15, -0.1) is 0 Å². The Morgan fingerprint density at radius 3 is 2.68 bits per heavy atom. The van der Waals surface area contributed by atoms with E-state index in [4.69, 9.17) is 0 Å². The van der Waals surface area contributed by atoms with Gasteiger partial charge in [-0.05, 0) is 62.7 Å². The van der Waals surface area contributed by atoms with Gasteiger partial charge in [0.25, 0.3) is 5.91 Å². The smallest absolute Gasteiger partial charge is 0.252 e. The fourth-order valence-electron chi connectivity index (χ4n) is 3.25. The molecular formula is C20H31N3O2. The van der Waals surface area contributed by atoms with Crippen molar-refractivity contribution in [2.75, 3.05) is 19.6 Å². The number of hydrogen-bond acceptors (Lipinski definition) is 3. The quantitative estimate of drug-likeness (QED) is 0.677. The predicted molar refractivity (Wildman–Crippen MR) is 100 cm³/mol. The topological polar surface area (TPSA) is 70.2 Å². The molecule has 3 N–H and O–H groups in total. The van der Waals surface area contributed by atoms with Crippen molar-refractivity contribution in [1.82, 2.24) is 16.0 Å². The SMILES string of the molecule is Cc1ccccc1C(=O)NC(CC(C)C)C(=O)NCCC1CCNC1. The number of carbonyl (C=O) groups excluding carboxylic acids is 2. The van der Waals surface area contributed by atoms with E-state index in [1.807, 2.05) is 25.1 Å². The average molecular weight is 345 g/mol. The van der Waals surface area contributed by atoms with E-state index in [0.29, 0.717) is 30.4 Å². The van der Waals surface area contributed by atoms with E-state index in [2.05, 4.69) is 29.8 Å². The number of rotatable bonds is 8. The molecule has 2 unspecified atom stereocenters. The van der Waals surface area contributed by atoms with Gasteiger partial charge in [-0.2, -0.15) is 0 Å². The summed E-state index contributed by atoms with van der Waals surface area (Å²) in [5, 5.41) is 9.26. The van der Waals surface area contributed by atoms with Gasteiger partial charge < -0.3 is 16.0 Å². The molecule has 2 rings (SSSR count). The largest absolute Gasteiger partial charge is 0.354 e. The Balaban J connectivity index is 1.91. The molecule has 2 amide bonds. The van der Waals surface area contributed by atoms with E-state index in [-0.39, 0.29) is 11.8 Å². The molecule has 138 valence electrons. The molecule has 0 spiro atoms. The zero-order valence-corrected chi connectivity index (χ0v) is 15.6. The third kappa shape index (κ3) is 6.16. The van der Waals surface area contributed by atoms with E-state index < -0.39 is 6.04 Å². The lowest BCUT2D eigenvalue weighted by Gasteiger charge is -2.21. The second-order valence-electron chi connectivity index (χ2n) is 7.41. The van der Waals surface area contributed by atoms with E-state index in [1.54, 1.807) is 6.07 Å². The van der Waals surface area contributed by atoms with Crippen LogP contribution in [-0.2, 0) is 4.79 Å². The Morgan fingerprint density at radius 2 is 2.04 bits per heavy atom. The lowest BCUT2D eigenvalue weighted by molar-refractivity contribution is -0.123. The first-order valence-electron chi connectivity index (χ1n) is 9.32. The summed E-state index contributed by atoms with van der Waals surface area (Å²) < 4.78 is 0. The Labute approximate surface area is 151 Å². The van der Waals surface area contributed by atoms with Gasteiger partial charge in [0.05, 0.1) is 0 Å². The van der Waals surface area contributed by atoms with Crippen LogP contribution >= 0.6 is 0 Å². The maximum Gasteiger partial charge on any atom is 0.252 e. The molecule has 0 saturated carbocycles. The van der Waals surface area contributed by atoms with Gasteiger partial charge in [0.1, 0.15) is 6.04 Å². The molecule has 5 heteroatoms. The van der Waals surface area contributed by atoms with E-state index in [0.717, 1.165) is 25.1 Å². The second-order valence-corrected chi connectivity index (χ2v) is 7.41. The highest BCUT2D eigenvalue weighted by atomic mass is 16.2. The summed E-state index contributed by atoms with van der Waals surface area (Å²) in [6, 6.07) is 6.95. The van der Waals surface area contributed by atoms with Crippen LogP contribution in [-0.4, -0.2) is 37.5 Å². The zero-order valence-electron chi connectivity index (χ0n) is 15.6. The van der Waals surface area contributed by atoms with Gasteiger partial charge in [0, 0.05) is 12.1 Å². The molecule has 1 aliphatic rings. The monoisotopic (exact) mass is 345 g/mol. The average Bonchev–Trinajstić information content (AvgIpc) is 3.07.